The van der Waals surface area contributed by atoms with E-state index in [1.165, 1.54) is 186 Å². The zero-order valence-electron chi connectivity index (χ0n) is 61.4. The van der Waals surface area contributed by atoms with Gasteiger partial charge in [0.1, 0.15) is 19.3 Å². The van der Waals surface area contributed by atoms with Crippen LogP contribution in [0.2, 0.25) is 0 Å². The third-order valence-electron chi connectivity index (χ3n) is 17.7. The molecule has 0 aliphatic carbocycles. The maximum atomic E-state index is 13.1. The van der Waals surface area contributed by atoms with Gasteiger partial charge in [0.05, 0.1) is 26.4 Å². The number of carbonyl (C=O) groups excluding carboxylic acids is 4. The molecule has 6 atom stereocenters. The monoisotopic (exact) mass is 1380 g/mol. The van der Waals surface area contributed by atoms with Gasteiger partial charge < -0.3 is 33.8 Å². The largest absolute Gasteiger partial charge is 0.472 e. The molecule has 0 heterocycles. The van der Waals surface area contributed by atoms with Crippen molar-refractivity contribution >= 4 is 39.5 Å². The summed E-state index contributed by atoms with van der Waals surface area (Å²) in [4.78, 5) is 72.5. The van der Waals surface area contributed by atoms with Gasteiger partial charge in [-0.2, -0.15) is 0 Å². The molecule has 0 rings (SSSR count). The Morgan fingerprint density at radius 1 is 0.309 bits per heavy atom. The second-order valence-electron chi connectivity index (χ2n) is 28.2. The molecule has 558 valence electrons. The molecule has 94 heavy (non-hydrogen) atoms. The van der Waals surface area contributed by atoms with Crippen LogP contribution in [0.5, 0.6) is 0 Å². The van der Waals surface area contributed by atoms with Crippen molar-refractivity contribution in [3.05, 3.63) is 0 Å². The molecule has 0 aliphatic rings. The number of aliphatic hydroxyl groups is 1. The molecule has 0 aromatic carbocycles. The molecule has 17 nitrogen and oxygen atoms in total. The Bertz CT molecular complexity index is 1840. The average molecular weight is 1380 g/mol. The molecule has 0 radical (unpaired) electrons. The van der Waals surface area contributed by atoms with Gasteiger partial charge in [-0.25, -0.2) is 9.13 Å². The molecule has 0 spiro atoms. The zero-order valence-corrected chi connectivity index (χ0v) is 63.2. The van der Waals surface area contributed by atoms with Gasteiger partial charge in [-0.05, 0) is 43.4 Å². The van der Waals surface area contributed by atoms with E-state index in [0.717, 1.165) is 114 Å². The first-order valence-electron chi connectivity index (χ1n) is 38.9. The molecule has 0 aliphatic heterocycles. The minimum atomic E-state index is -4.96. The fourth-order valence-electron chi connectivity index (χ4n) is 11.4. The Hall–Kier alpha value is -1.94. The molecule has 0 saturated heterocycles. The number of ether oxygens (including phenoxy) is 4. The number of aliphatic hydroxyl groups excluding tert-OH is 1. The van der Waals surface area contributed by atoms with E-state index >= 15 is 0 Å². The highest BCUT2D eigenvalue weighted by Crippen LogP contribution is 2.45. The third kappa shape index (κ3) is 67.3. The van der Waals surface area contributed by atoms with Crippen LogP contribution >= 0.6 is 15.6 Å². The van der Waals surface area contributed by atoms with E-state index in [1.807, 2.05) is 0 Å². The van der Waals surface area contributed by atoms with Gasteiger partial charge in [0.2, 0.25) is 0 Å². The van der Waals surface area contributed by atoms with Crippen molar-refractivity contribution in [2.75, 3.05) is 39.6 Å². The first-order chi connectivity index (χ1) is 45.3. The lowest BCUT2D eigenvalue weighted by atomic mass is 9.99. The molecule has 3 unspecified atom stereocenters. The summed E-state index contributed by atoms with van der Waals surface area (Å²) < 4.78 is 68.3. The van der Waals surface area contributed by atoms with E-state index in [2.05, 4.69) is 48.5 Å². The van der Waals surface area contributed by atoms with Crippen molar-refractivity contribution in [3.8, 4) is 0 Å². The van der Waals surface area contributed by atoms with Crippen molar-refractivity contribution in [2.45, 2.75) is 401 Å². The number of hydrogen-bond donors (Lipinski definition) is 3. The maximum Gasteiger partial charge on any atom is 0.472 e. The number of esters is 4. The van der Waals surface area contributed by atoms with Crippen LogP contribution in [-0.4, -0.2) is 96.7 Å². The highest BCUT2D eigenvalue weighted by Gasteiger charge is 2.30. The topological polar surface area (TPSA) is 237 Å². The molecule has 0 bridgehead atoms. The first-order valence-corrected chi connectivity index (χ1v) is 41.9. The summed E-state index contributed by atoms with van der Waals surface area (Å²) in [6, 6.07) is 0. The van der Waals surface area contributed by atoms with E-state index < -0.39 is 97.5 Å². The van der Waals surface area contributed by atoms with E-state index in [9.17, 15) is 43.2 Å². The molecule has 0 aromatic rings. The summed E-state index contributed by atoms with van der Waals surface area (Å²) >= 11 is 0. The molecule has 3 N–H and O–H groups in total. The van der Waals surface area contributed by atoms with Gasteiger partial charge in [-0.1, -0.05) is 331 Å². The summed E-state index contributed by atoms with van der Waals surface area (Å²) in [5.41, 5.74) is 0. The number of carbonyl (C=O) groups is 4. The van der Waals surface area contributed by atoms with E-state index in [-0.39, 0.29) is 25.7 Å². The van der Waals surface area contributed by atoms with E-state index in [0.29, 0.717) is 25.7 Å². The van der Waals surface area contributed by atoms with Gasteiger partial charge in [-0.3, -0.25) is 37.3 Å². The number of rotatable bonds is 73. The van der Waals surface area contributed by atoms with Crippen LogP contribution in [0.4, 0.5) is 0 Å². The fraction of sp³-hybridized carbons (Fsp3) is 0.947. The molecule has 0 saturated carbocycles. The molecular weight excluding hydrogens is 1230 g/mol. The van der Waals surface area contributed by atoms with Gasteiger partial charge in [0, 0.05) is 25.7 Å². The Balaban J connectivity index is 5.15. The zero-order chi connectivity index (χ0) is 69.4. The van der Waals surface area contributed by atoms with Gasteiger partial charge in [0.15, 0.2) is 12.2 Å². The lowest BCUT2D eigenvalue weighted by Gasteiger charge is -2.21. The number of phosphoric acid groups is 2. The van der Waals surface area contributed by atoms with Crippen molar-refractivity contribution < 1.29 is 80.2 Å². The summed E-state index contributed by atoms with van der Waals surface area (Å²) in [7, 11) is -9.90. The minimum Gasteiger partial charge on any atom is -0.462 e. The van der Waals surface area contributed by atoms with Gasteiger partial charge >= 0.3 is 39.5 Å². The lowest BCUT2D eigenvalue weighted by molar-refractivity contribution is -0.161. The Morgan fingerprint density at radius 2 is 0.543 bits per heavy atom. The van der Waals surface area contributed by atoms with Crippen LogP contribution in [0.1, 0.15) is 382 Å². The Morgan fingerprint density at radius 3 is 0.809 bits per heavy atom. The lowest BCUT2D eigenvalue weighted by Crippen LogP contribution is -2.30. The Kier molecular flexibility index (Phi) is 64.3. The number of hydrogen-bond acceptors (Lipinski definition) is 15. The van der Waals surface area contributed by atoms with Crippen LogP contribution in [0.15, 0.2) is 0 Å². The van der Waals surface area contributed by atoms with Crippen molar-refractivity contribution in [3.63, 3.8) is 0 Å². The van der Waals surface area contributed by atoms with Crippen LogP contribution in [-0.2, 0) is 65.4 Å². The van der Waals surface area contributed by atoms with E-state index in [4.69, 9.17) is 37.0 Å². The first kappa shape index (κ1) is 92.1. The van der Waals surface area contributed by atoms with Crippen LogP contribution in [0.25, 0.3) is 0 Å². The summed E-state index contributed by atoms with van der Waals surface area (Å²) in [5.74, 6) is 0.275. The molecule has 0 aromatic heterocycles. The second kappa shape index (κ2) is 65.7. The summed E-state index contributed by atoms with van der Waals surface area (Å²) in [6.45, 7) is 11.9. The summed E-state index contributed by atoms with van der Waals surface area (Å²) in [6.07, 6.45) is 51.7. The molecular formula is C75H146O17P2. The third-order valence-corrected chi connectivity index (χ3v) is 19.6. The van der Waals surface area contributed by atoms with Crippen LogP contribution < -0.4 is 0 Å². The normalized spacial score (nSPS) is 14.4. The van der Waals surface area contributed by atoms with Crippen molar-refractivity contribution in [1.29, 1.82) is 0 Å². The average Bonchev–Trinajstić information content (AvgIpc) is 1.45. The standard InChI is InChI=1S/C75H146O17P2/c1-8-10-11-39-49-56-72(77)85-62-70(91-74(79)59-52-45-38-32-26-25-28-34-41-47-54-67(5)6)64-89-93(81,82)87-60-69(76)61-88-94(83,84)90-65-71(92-75(80)58-51-44-37-31-24-20-14-12-13-17-21-27-33-40-46-53-66(3)4)63-86-73(78)57-50-43-36-30-23-19-16-15-18-22-29-35-42-48-55-68(7)9-2/h66-71,76H,8-65H2,1-7H3,(H,81,82)(H,83,84)/t68?,69-,70+,71+/m0/s1. The number of phosphoric ester groups is 2. The Labute approximate surface area is 575 Å². The minimum absolute atomic E-state index is 0.105. The predicted octanol–water partition coefficient (Wildman–Crippen LogP) is 21.8. The molecule has 19 heteroatoms. The smallest absolute Gasteiger partial charge is 0.462 e. The maximum absolute atomic E-state index is 13.1. The van der Waals surface area contributed by atoms with Gasteiger partial charge in [0.25, 0.3) is 0 Å². The van der Waals surface area contributed by atoms with E-state index in [1.54, 1.807) is 0 Å². The highest BCUT2D eigenvalue weighted by molar-refractivity contribution is 7.47. The van der Waals surface area contributed by atoms with Crippen LogP contribution in [0.3, 0.4) is 0 Å². The fourth-order valence-corrected chi connectivity index (χ4v) is 13.0. The van der Waals surface area contributed by atoms with Crippen molar-refractivity contribution in [1.82, 2.24) is 0 Å². The summed E-state index contributed by atoms with van der Waals surface area (Å²) in [5, 5.41) is 10.6. The molecule has 0 amide bonds. The van der Waals surface area contributed by atoms with Gasteiger partial charge in [-0.15, -0.1) is 0 Å². The van der Waals surface area contributed by atoms with Crippen LogP contribution in [0, 0.1) is 17.8 Å². The van der Waals surface area contributed by atoms with Crippen molar-refractivity contribution in [2.24, 2.45) is 17.8 Å². The molecule has 0 fully saturated rings. The number of unbranched alkanes of at least 4 members (excludes halogenated alkanes) is 40. The quantitative estimate of drug-likeness (QED) is 0.0222. The highest BCUT2D eigenvalue weighted by atomic mass is 31.2. The predicted molar refractivity (Wildman–Crippen MR) is 381 cm³/mol. The second-order valence-corrected chi connectivity index (χ2v) is 31.1. The SMILES string of the molecule is CCCCCCCC(=O)OC[C@H](COP(=O)(O)OC[C@H](O)COP(=O)(O)OC[C@@H](COC(=O)CCCCCCCCCCCCCCCCC(C)CC)OC(=O)CCCCCCCCCCCCCCCCCC(C)C)OC(=O)CCCCCCCCCCCCC(C)C.